The molecule has 88 valence electrons. The second-order valence-electron chi connectivity index (χ2n) is 4.22. The Labute approximate surface area is 95.0 Å². The number of hydrogen-bond donors (Lipinski definition) is 1. The molecular formula is C10H15N3O2S. The van der Waals surface area contributed by atoms with Gasteiger partial charge in [0.2, 0.25) is 0 Å². The predicted octanol–water partition coefficient (Wildman–Crippen LogP) is 0.276. The molecule has 2 N–H and O–H groups in total. The highest BCUT2D eigenvalue weighted by Crippen LogP contribution is 2.22. The first-order chi connectivity index (χ1) is 7.39. The molecule has 1 aliphatic rings. The minimum absolute atomic E-state index is 0.0629. The molecule has 5 nitrogen and oxygen atoms in total. The minimum atomic E-state index is -2.96. The molecule has 1 aromatic rings. The summed E-state index contributed by atoms with van der Waals surface area (Å²) in [7, 11) is -2.96. The van der Waals surface area contributed by atoms with Crippen molar-refractivity contribution in [3.05, 3.63) is 22.8 Å². The number of nitrogens with two attached hydrogens (primary N) is 1. The SMILES string of the molecule is Cc1nc(C(C)N)nc2c1CS(=O)(=O)CC2. The van der Waals surface area contributed by atoms with Crippen LogP contribution < -0.4 is 5.73 Å². The number of hydrogen-bond acceptors (Lipinski definition) is 5. The molecule has 1 unspecified atom stereocenters. The molecule has 0 bridgehead atoms. The smallest absolute Gasteiger partial charge is 0.154 e. The van der Waals surface area contributed by atoms with Gasteiger partial charge in [0.25, 0.3) is 0 Å². The molecule has 6 heteroatoms. The minimum Gasteiger partial charge on any atom is -0.322 e. The summed E-state index contributed by atoms with van der Waals surface area (Å²) in [5.74, 6) is 0.831. The molecule has 0 fully saturated rings. The maximum absolute atomic E-state index is 11.5. The topological polar surface area (TPSA) is 85.9 Å². The standard InChI is InChI=1S/C10H15N3O2S/c1-6(11)10-12-7(2)8-5-16(14,15)4-3-9(8)13-10/h6H,3-5,11H2,1-2H3. The van der Waals surface area contributed by atoms with Gasteiger partial charge >= 0.3 is 0 Å². The Morgan fingerprint density at radius 3 is 2.69 bits per heavy atom. The van der Waals surface area contributed by atoms with E-state index in [-0.39, 0.29) is 17.5 Å². The van der Waals surface area contributed by atoms with Gasteiger partial charge in [0.1, 0.15) is 5.82 Å². The molecule has 0 saturated heterocycles. The van der Waals surface area contributed by atoms with Crippen molar-refractivity contribution in [3.8, 4) is 0 Å². The summed E-state index contributed by atoms with van der Waals surface area (Å²) in [4.78, 5) is 8.59. The molecule has 2 heterocycles. The maximum Gasteiger partial charge on any atom is 0.154 e. The molecule has 1 atom stereocenters. The number of aromatic nitrogens is 2. The van der Waals surface area contributed by atoms with Crippen molar-refractivity contribution in [1.29, 1.82) is 0 Å². The highest BCUT2D eigenvalue weighted by molar-refractivity contribution is 7.90. The van der Waals surface area contributed by atoms with Gasteiger partial charge < -0.3 is 5.73 Å². The Morgan fingerprint density at radius 1 is 1.38 bits per heavy atom. The molecule has 1 aromatic heterocycles. The quantitative estimate of drug-likeness (QED) is 0.763. The first-order valence-corrected chi connectivity index (χ1v) is 7.03. The van der Waals surface area contributed by atoms with Gasteiger partial charge in [0, 0.05) is 23.4 Å². The van der Waals surface area contributed by atoms with Gasteiger partial charge in [-0.3, -0.25) is 0 Å². The average molecular weight is 241 g/mol. The molecule has 0 saturated carbocycles. The summed E-state index contributed by atoms with van der Waals surface area (Å²) in [6, 6.07) is -0.220. The number of rotatable bonds is 1. The van der Waals surface area contributed by atoms with Gasteiger partial charge in [-0.05, 0) is 13.8 Å². The molecule has 1 aliphatic heterocycles. The molecule has 0 aliphatic carbocycles. The first kappa shape index (κ1) is 11.5. The van der Waals surface area contributed by atoms with Crippen molar-refractivity contribution in [3.63, 3.8) is 0 Å². The van der Waals surface area contributed by atoms with E-state index in [9.17, 15) is 8.42 Å². The van der Waals surface area contributed by atoms with Crippen molar-refractivity contribution >= 4 is 9.84 Å². The normalized spacial score (nSPS) is 20.2. The van der Waals surface area contributed by atoms with E-state index in [0.29, 0.717) is 12.2 Å². The van der Waals surface area contributed by atoms with Crippen LogP contribution >= 0.6 is 0 Å². The lowest BCUT2D eigenvalue weighted by Gasteiger charge is -2.18. The predicted molar refractivity (Wildman–Crippen MR) is 60.6 cm³/mol. The zero-order chi connectivity index (χ0) is 11.9. The summed E-state index contributed by atoms with van der Waals surface area (Å²) in [6.07, 6.45) is 0.473. The Balaban J connectivity index is 2.52. The number of nitrogens with zero attached hydrogens (tertiary/aromatic N) is 2. The number of sulfone groups is 1. The van der Waals surface area contributed by atoms with Crippen molar-refractivity contribution in [2.45, 2.75) is 32.1 Å². The second kappa shape index (κ2) is 3.78. The monoisotopic (exact) mass is 241 g/mol. The Morgan fingerprint density at radius 2 is 2.06 bits per heavy atom. The largest absolute Gasteiger partial charge is 0.322 e. The van der Waals surface area contributed by atoms with Crippen molar-refractivity contribution in [2.75, 3.05) is 5.75 Å². The third-order valence-electron chi connectivity index (χ3n) is 2.74. The molecular weight excluding hydrogens is 226 g/mol. The van der Waals surface area contributed by atoms with Gasteiger partial charge in [-0.1, -0.05) is 0 Å². The first-order valence-electron chi connectivity index (χ1n) is 5.21. The van der Waals surface area contributed by atoms with Crippen molar-refractivity contribution in [2.24, 2.45) is 5.73 Å². The summed E-state index contributed by atoms with van der Waals surface area (Å²) in [5.41, 5.74) is 8.06. The fraction of sp³-hybridized carbons (Fsp3) is 0.600. The van der Waals surface area contributed by atoms with Gasteiger partial charge in [-0.15, -0.1) is 0 Å². The van der Waals surface area contributed by atoms with E-state index in [2.05, 4.69) is 9.97 Å². The zero-order valence-corrected chi connectivity index (χ0v) is 10.2. The fourth-order valence-corrected chi connectivity index (χ4v) is 3.29. The van der Waals surface area contributed by atoms with Crippen LogP contribution in [0.25, 0.3) is 0 Å². The van der Waals surface area contributed by atoms with Crippen LogP contribution in [0.3, 0.4) is 0 Å². The van der Waals surface area contributed by atoms with Gasteiger partial charge in [-0.2, -0.15) is 0 Å². The van der Waals surface area contributed by atoms with E-state index in [1.165, 1.54) is 0 Å². The van der Waals surface area contributed by atoms with Crippen molar-refractivity contribution < 1.29 is 8.42 Å². The van der Waals surface area contributed by atoms with Gasteiger partial charge in [0.05, 0.1) is 17.5 Å². The van der Waals surface area contributed by atoms with Crippen LogP contribution in [-0.4, -0.2) is 24.1 Å². The van der Waals surface area contributed by atoms with Crippen LogP contribution in [0.4, 0.5) is 0 Å². The highest BCUT2D eigenvalue weighted by atomic mass is 32.2. The molecule has 2 rings (SSSR count). The third kappa shape index (κ3) is 2.08. The maximum atomic E-state index is 11.5. The van der Waals surface area contributed by atoms with Crippen LogP contribution in [0.5, 0.6) is 0 Å². The van der Waals surface area contributed by atoms with Gasteiger partial charge in [-0.25, -0.2) is 18.4 Å². The van der Waals surface area contributed by atoms with E-state index in [4.69, 9.17) is 5.73 Å². The summed E-state index contributed by atoms with van der Waals surface area (Å²) in [6.45, 7) is 3.63. The Bertz CT molecular complexity index is 523. The molecule has 0 spiro atoms. The second-order valence-corrected chi connectivity index (χ2v) is 6.41. The zero-order valence-electron chi connectivity index (χ0n) is 9.40. The number of fused-ring (bicyclic) bond motifs is 1. The van der Waals surface area contributed by atoms with Crippen LogP contribution in [0.2, 0.25) is 0 Å². The van der Waals surface area contributed by atoms with Crippen LogP contribution in [0, 0.1) is 6.92 Å². The van der Waals surface area contributed by atoms with E-state index in [0.717, 1.165) is 17.0 Å². The van der Waals surface area contributed by atoms with E-state index in [1.54, 1.807) is 0 Å². The number of aryl methyl sites for hydroxylation is 2. The lowest BCUT2D eigenvalue weighted by atomic mass is 10.1. The van der Waals surface area contributed by atoms with Crippen LogP contribution in [0.1, 0.15) is 35.7 Å². The summed E-state index contributed by atoms with van der Waals surface area (Å²) in [5, 5.41) is 0. The van der Waals surface area contributed by atoms with E-state index >= 15 is 0 Å². The van der Waals surface area contributed by atoms with E-state index in [1.807, 2.05) is 13.8 Å². The highest BCUT2D eigenvalue weighted by Gasteiger charge is 2.25. The summed E-state index contributed by atoms with van der Waals surface area (Å²) < 4.78 is 23.0. The third-order valence-corrected chi connectivity index (χ3v) is 4.29. The Hall–Kier alpha value is -1.01. The lowest BCUT2D eigenvalue weighted by Crippen LogP contribution is -2.24. The molecule has 0 radical (unpaired) electrons. The Kier molecular flexibility index (Phi) is 2.71. The van der Waals surface area contributed by atoms with Crippen LogP contribution in [-0.2, 0) is 22.0 Å². The van der Waals surface area contributed by atoms with Crippen molar-refractivity contribution in [1.82, 2.24) is 9.97 Å². The molecule has 0 aromatic carbocycles. The van der Waals surface area contributed by atoms with Crippen LogP contribution in [0.15, 0.2) is 0 Å². The molecule has 16 heavy (non-hydrogen) atoms. The average Bonchev–Trinajstić information content (AvgIpc) is 2.18. The lowest BCUT2D eigenvalue weighted by molar-refractivity contribution is 0.588. The molecule has 0 amide bonds. The van der Waals surface area contributed by atoms with E-state index < -0.39 is 9.84 Å². The fourth-order valence-electron chi connectivity index (χ4n) is 1.82. The summed E-state index contributed by atoms with van der Waals surface area (Å²) >= 11 is 0. The van der Waals surface area contributed by atoms with Gasteiger partial charge in [0.15, 0.2) is 9.84 Å².